The standard InChI is InChI=1S/C23H34O2/c1-13-14(2)23(5)16(12-21(13)25)6-7-17-19-9-8-18(15(3)24)22(19,4)11-10-20(17)23/h12-14,17-20H,6-11H2,1-5H3/t13?,14?,17-,18+,19-,20+,22+,23+/m0/s1. The van der Waals surface area contributed by atoms with Crippen LogP contribution in [0.15, 0.2) is 11.6 Å². The lowest BCUT2D eigenvalue weighted by molar-refractivity contribution is -0.132. The fourth-order valence-electron chi connectivity index (χ4n) is 7.86. The summed E-state index contributed by atoms with van der Waals surface area (Å²) in [6, 6.07) is 0. The molecule has 25 heavy (non-hydrogen) atoms. The van der Waals surface area contributed by atoms with Crippen LogP contribution in [0.4, 0.5) is 0 Å². The Labute approximate surface area is 152 Å². The monoisotopic (exact) mass is 342 g/mol. The van der Waals surface area contributed by atoms with Gasteiger partial charge in [0.15, 0.2) is 5.78 Å². The lowest BCUT2D eigenvalue weighted by Crippen LogP contribution is -2.54. The molecule has 0 saturated heterocycles. The topological polar surface area (TPSA) is 34.1 Å². The van der Waals surface area contributed by atoms with Gasteiger partial charge >= 0.3 is 0 Å². The molecule has 4 rings (SSSR count). The van der Waals surface area contributed by atoms with E-state index < -0.39 is 0 Å². The Hall–Kier alpha value is -0.920. The van der Waals surface area contributed by atoms with Gasteiger partial charge in [-0.25, -0.2) is 0 Å². The minimum atomic E-state index is 0.148. The van der Waals surface area contributed by atoms with Gasteiger partial charge in [-0.05, 0) is 86.0 Å². The Bertz CT molecular complexity index is 646. The highest BCUT2D eigenvalue weighted by atomic mass is 16.1. The predicted molar refractivity (Wildman–Crippen MR) is 100.0 cm³/mol. The zero-order chi connectivity index (χ0) is 18.1. The van der Waals surface area contributed by atoms with Crippen LogP contribution in [-0.2, 0) is 9.59 Å². The molecule has 0 spiro atoms. The highest BCUT2D eigenvalue weighted by molar-refractivity contribution is 5.93. The maximum atomic E-state index is 12.4. The van der Waals surface area contributed by atoms with Crippen molar-refractivity contribution < 1.29 is 9.59 Å². The third kappa shape index (κ3) is 2.15. The molecular weight excluding hydrogens is 308 g/mol. The van der Waals surface area contributed by atoms with Crippen LogP contribution in [0, 0.1) is 46.3 Å². The molecule has 2 unspecified atom stereocenters. The number of Topliss-reactive ketones (excluding diaryl/α,β-unsaturated/α-hetero) is 1. The normalized spacial score (nSPS) is 52.0. The number of hydrogen-bond donors (Lipinski definition) is 0. The molecule has 0 bridgehead atoms. The molecule has 0 radical (unpaired) electrons. The highest BCUT2D eigenvalue weighted by Crippen LogP contribution is 2.67. The van der Waals surface area contributed by atoms with E-state index in [9.17, 15) is 9.59 Å². The second-order valence-corrected chi connectivity index (χ2v) is 10.1. The van der Waals surface area contributed by atoms with Gasteiger partial charge < -0.3 is 0 Å². The smallest absolute Gasteiger partial charge is 0.158 e. The van der Waals surface area contributed by atoms with Gasteiger partial charge in [-0.3, -0.25) is 9.59 Å². The van der Waals surface area contributed by atoms with E-state index >= 15 is 0 Å². The molecular formula is C23H34O2. The summed E-state index contributed by atoms with van der Waals surface area (Å²) in [5.74, 6) is 3.77. The largest absolute Gasteiger partial charge is 0.300 e. The maximum absolute atomic E-state index is 12.4. The van der Waals surface area contributed by atoms with Crippen molar-refractivity contribution in [1.82, 2.24) is 0 Å². The van der Waals surface area contributed by atoms with E-state index in [4.69, 9.17) is 0 Å². The van der Waals surface area contributed by atoms with Crippen LogP contribution in [0.5, 0.6) is 0 Å². The first-order valence-corrected chi connectivity index (χ1v) is 10.5. The first-order valence-electron chi connectivity index (χ1n) is 10.5. The van der Waals surface area contributed by atoms with Crippen molar-refractivity contribution in [2.45, 2.75) is 73.1 Å². The zero-order valence-electron chi connectivity index (χ0n) is 16.6. The Morgan fingerprint density at radius 3 is 2.48 bits per heavy atom. The molecule has 0 aromatic rings. The summed E-state index contributed by atoms with van der Waals surface area (Å²) in [6.45, 7) is 11.1. The Morgan fingerprint density at radius 1 is 1.08 bits per heavy atom. The van der Waals surface area contributed by atoms with Gasteiger partial charge in [-0.15, -0.1) is 0 Å². The van der Waals surface area contributed by atoms with Gasteiger partial charge in [0.05, 0.1) is 0 Å². The van der Waals surface area contributed by atoms with Gasteiger partial charge in [0.2, 0.25) is 0 Å². The second kappa shape index (κ2) is 5.54. The van der Waals surface area contributed by atoms with E-state index in [1.54, 1.807) is 0 Å². The SMILES string of the molecule is CC(=O)[C@H]1CC[C@H]2[C@@H]3CCC4=CC(=O)C(C)C(C)[C@@]4(C)[C@@H]3CC[C@]12C. The number of rotatable bonds is 1. The van der Waals surface area contributed by atoms with Crippen LogP contribution in [0.1, 0.15) is 73.1 Å². The van der Waals surface area contributed by atoms with E-state index in [2.05, 4.69) is 27.7 Å². The molecule has 4 aliphatic carbocycles. The van der Waals surface area contributed by atoms with Crippen LogP contribution in [-0.4, -0.2) is 11.6 Å². The minimum absolute atomic E-state index is 0.148. The summed E-state index contributed by atoms with van der Waals surface area (Å²) in [5, 5.41) is 0. The van der Waals surface area contributed by atoms with E-state index in [1.807, 2.05) is 13.0 Å². The van der Waals surface area contributed by atoms with Crippen LogP contribution < -0.4 is 0 Å². The van der Waals surface area contributed by atoms with Crippen molar-refractivity contribution in [2.24, 2.45) is 46.3 Å². The van der Waals surface area contributed by atoms with Crippen molar-refractivity contribution in [3.05, 3.63) is 11.6 Å². The number of carbonyl (C=O) groups is 2. The van der Waals surface area contributed by atoms with E-state index in [0.717, 1.165) is 18.8 Å². The average Bonchev–Trinajstić information content (AvgIpc) is 2.92. The van der Waals surface area contributed by atoms with Crippen LogP contribution in [0.3, 0.4) is 0 Å². The Kier molecular flexibility index (Phi) is 3.87. The van der Waals surface area contributed by atoms with Crippen molar-refractivity contribution in [2.75, 3.05) is 0 Å². The third-order valence-corrected chi connectivity index (χ3v) is 9.60. The molecule has 2 heteroatoms. The third-order valence-electron chi connectivity index (χ3n) is 9.60. The Morgan fingerprint density at radius 2 is 1.80 bits per heavy atom. The fraction of sp³-hybridized carbons (Fsp3) is 0.826. The van der Waals surface area contributed by atoms with E-state index in [-0.39, 0.29) is 22.7 Å². The van der Waals surface area contributed by atoms with Crippen LogP contribution >= 0.6 is 0 Å². The number of fused-ring (bicyclic) bond motifs is 5. The van der Waals surface area contributed by atoms with Gasteiger partial charge in [0.25, 0.3) is 0 Å². The molecule has 0 aromatic carbocycles. The Balaban J connectivity index is 1.71. The van der Waals surface area contributed by atoms with Gasteiger partial charge in [0, 0.05) is 11.8 Å². The van der Waals surface area contributed by atoms with Crippen molar-refractivity contribution in [3.8, 4) is 0 Å². The predicted octanol–water partition coefficient (Wildman–Crippen LogP) is 5.22. The second-order valence-electron chi connectivity index (χ2n) is 10.1. The van der Waals surface area contributed by atoms with Crippen molar-refractivity contribution in [1.29, 1.82) is 0 Å². The summed E-state index contributed by atoms with van der Waals surface area (Å²) < 4.78 is 0. The summed E-state index contributed by atoms with van der Waals surface area (Å²) in [7, 11) is 0. The number of hydrogen-bond acceptors (Lipinski definition) is 2. The molecule has 138 valence electrons. The highest BCUT2D eigenvalue weighted by Gasteiger charge is 2.61. The molecule has 0 N–H and O–H groups in total. The first-order chi connectivity index (χ1) is 11.7. The molecule has 3 fully saturated rings. The minimum Gasteiger partial charge on any atom is -0.300 e. The lowest BCUT2D eigenvalue weighted by atomic mass is 9.44. The summed E-state index contributed by atoms with van der Waals surface area (Å²) in [4.78, 5) is 24.6. The molecule has 0 heterocycles. The molecule has 4 aliphatic rings. The summed E-state index contributed by atoms with van der Waals surface area (Å²) >= 11 is 0. The zero-order valence-corrected chi connectivity index (χ0v) is 16.6. The number of ketones is 2. The number of allylic oxidation sites excluding steroid dienone is 1. The van der Waals surface area contributed by atoms with E-state index in [1.165, 1.54) is 31.3 Å². The molecule has 2 nitrogen and oxygen atoms in total. The maximum Gasteiger partial charge on any atom is 0.158 e. The summed E-state index contributed by atoms with van der Waals surface area (Å²) in [5.41, 5.74) is 1.85. The average molecular weight is 343 g/mol. The van der Waals surface area contributed by atoms with Crippen LogP contribution in [0.2, 0.25) is 0 Å². The molecule has 0 amide bonds. The molecule has 0 aromatic heterocycles. The quantitative estimate of drug-likeness (QED) is 0.655. The fourth-order valence-corrected chi connectivity index (χ4v) is 7.86. The molecule has 3 saturated carbocycles. The van der Waals surface area contributed by atoms with Crippen LogP contribution in [0.25, 0.3) is 0 Å². The molecule has 0 aliphatic heterocycles. The van der Waals surface area contributed by atoms with Gasteiger partial charge in [-0.1, -0.05) is 33.3 Å². The van der Waals surface area contributed by atoms with Crippen molar-refractivity contribution in [3.63, 3.8) is 0 Å². The van der Waals surface area contributed by atoms with Crippen molar-refractivity contribution >= 4 is 11.6 Å². The molecule has 8 atom stereocenters. The lowest BCUT2D eigenvalue weighted by Gasteiger charge is -2.60. The van der Waals surface area contributed by atoms with Gasteiger partial charge in [0.1, 0.15) is 5.78 Å². The van der Waals surface area contributed by atoms with E-state index in [0.29, 0.717) is 29.3 Å². The number of carbonyl (C=O) groups excluding carboxylic acids is 2. The van der Waals surface area contributed by atoms with Gasteiger partial charge in [-0.2, -0.15) is 0 Å². The first kappa shape index (κ1) is 17.5. The summed E-state index contributed by atoms with van der Waals surface area (Å²) in [6.07, 6.45) is 9.11.